The molecule has 0 aromatic rings. The van der Waals surface area contributed by atoms with Crippen LogP contribution in [0.5, 0.6) is 0 Å². The van der Waals surface area contributed by atoms with Crippen molar-refractivity contribution in [1.82, 2.24) is 5.32 Å². The van der Waals surface area contributed by atoms with Gasteiger partial charge in [-0.1, -0.05) is 20.8 Å². The van der Waals surface area contributed by atoms with Crippen LogP contribution < -0.4 is 5.32 Å². The van der Waals surface area contributed by atoms with Gasteiger partial charge in [-0.2, -0.15) is 0 Å². The lowest BCUT2D eigenvalue weighted by atomic mass is 9.98. The van der Waals surface area contributed by atoms with E-state index in [1.165, 1.54) is 7.11 Å². The van der Waals surface area contributed by atoms with E-state index in [0.29, 0.717) is 18.3 Å². The van der Waals surface area contributed by atoms with Crippen LogP contribution in [0.4, 0.5) is 0 Å². The zero-order chi connectivity index (χ0) is 11.1. The van der Waals surface area contributed by atoms with Gasteiger partial charge in [0, 0.05) is 6.04 Å². The lowest BCUT2D eigenvalue weighted by Crippen LogP contribution is -2.33. The van der Waals surface area contributed by atoms with Crippen LogP contribution >= 0.6 is 0 Å². The topological polar surface area (TPSA) is 38.3 Å². The van der Waals surface area contributed by atoms with Crippen molar-refractivity contribution in [2.75, 3.05) is 13.7 Å². The van der Waals surface area contributed by atoms with Gasteiger partial charge >= 0.3 is 5.97 Å². The summed E-state index contributed by atoms with van der Waals surface area (Å²) in [6, 6.07) is 0.198. The molecule has 0 aromatic heterocycles. The molecule has 0 saturated heterocycles. The molecular weight excluding hydrogens is 178 g/mol. The molecule has 0 rings (SSSR count). The predicted molar refractivity (Wildman–Crippen MR) is 58.1 cm³/mol. The molecule has 0 fully saturated rings. The maximum atomic E-state index is 10.9. The Morgan fingerprint density at radius 1 is 1.29 bits per heavy atom. The second-order valence-electron chi connectivity index (χ2n) is 4.31. The molecule has 1 N–H and O–H groups in total. The zero-order valence-electron chi connectivity index (χ0n) is 9.96. The fourth-order valence-electron chi connectivity index (χ4n) is 1.03. The molecule has 0 amide bonds. The first-order chi connectivity index (χ1) is 6.47. The number of hydrogen-bond acceptors (Lipinski definition) is 3. The van der Waals surface area contributed by atoms with Gasteiger partial charge in [0.2, 0.25) is 0 Å². The quantitative estimate of drug-likeness (QED) is 0.666. The molecule has 0 bridgehead atoms. The van der Waals surface area contributed by atoms with Gasteiger partial charge in [-0.05, 0) is 25.3 Å². The zero-order valence-corrected chi connectivity index (χ0v) is 9.96. The molecule has 0 heterocycles. The average Bonchev–Trinajstić information content (AvgIpc) is 2.13. The SMILES string of the molecule is COC(=O)CC(C)NCC(C)C(C)C. The molecule has 84 valence electrons. The molecule has 0 aromatic carbocycles. The molecule has 2 unspecified atom stereocenters. The highest BCUT2D eigenvalue weighted by atomic mass is 16.5. The van der Waals surface area contributed by atoms with E-state index in [1.54, 1.807) is 0 Å². The highest BCUT2D eigenvalue weighted by Gasteiger charge is 2.11. The molecule has 0 spiro atoms. The van der Waals surface area contributed by atoms with Gasteiger partial charge in [-0.3, -0.25) is 4.79 Å². The number of ether oxygens (including phenoxy) is 1. The van der Waals surface area contributed by atoms with Gasteiger partial charge in [-0.25, -0.2) is 0 Å². The minimum absolute atomic E-state index is 0.151. The predicted octanol–water partition coefficient (Wildman–Crippen LogP) is 1.82. The van der Waals surface area contributed by atoms with Gasteiger partial charge < -0.3 is 10.1 Å². The first-order valence-electron chi connectivity index (χ1n) is 5.27. The number of hydrogen-bond donors (Lipinski definition) is 1. The molecule has 0 aliphatic heterocycles. The molecular formula is C11H23NO2. The Morgan fingerprint density at radius 3 is 2.29 bits per heavy atom. The maximum absolute atomic E-state index is 10.9. The van der Waals surface area contributed by atoms with E-state index in [-0.39, 0.29) is 12.0 Å². The number of rotatable bonds is 6. The monoisotopic (exact) mass is 201 g/mol. The van der Waals surface area contributed by atoms with Crippen molar-refractivity contribution in [3.05, 3.63) is 0 Å². The molecule has 0 radical (unpaired) electrons. The van der Waals surface area contributed by atoms with Crippen molar-refractivity contribution in [2.45, 2.75) is 40.2 Å². The van der Waals surface area contributed by atoms with E-state index in [9.17, 15) is 4.79 Å². The van der Waals surface area contributed by atoms with Crippen LogP contribution in [0.1, 0.15) is 34.1 Å². The summed E-state index contributed by atoms with van der Waals surface area (Å²) in [5.74, 6) is 1.16. The second-order valence-corrected chi connectivity index (χ2v) is 4.31. The van der Waals surface area contributed by atoms with Crippen LogP contribution in [0.2, 0.25) is 0 Å². The van der Waals surface area contributed by atoms with Crippen molar-refractivity contribution < 1.29 is 9.53 Å². The fourth-order valence-corrected chi connectivity index (χ4v) is 1.03. The molecule has 14 heavy (non-hydrogen) atoms. The summed E-state index contributed by atoms with van der Waals surface area (Å²) in [5.41, 5.74) is 0. The van der Waals surface area contributed by atoms with Crippen molar-refractivity contribution in [2.24, 2.45) is 11.8 Å². The Balaban J connectivity index is 3.63. The molecule has 2 atom stereocenters. The molecule has 0 saturated carbocycles. The number of nitrogens with one attached hydrogen (secondary N) is 1. The summed E-state index contributed by atoms with van der Waals surface area (Å²) in [7, 11) is 1.42. The van der Waals surface area contributed by atoms with E-state index >= 15 is 0 Å². The van der Waals surface area contributed by atoms with Gasteiger partial charge in [0.05, 0.1) is 13.5 Å². The molecule has 3 heteroatoms. The number of esters is 1. The molecule has 0 aliphatic rings. The highest BCUT2D eigenvalue weighted by molar-refractivity contribution is 5.69. The first-order valence-corrected chi connectivity index (χ1v) is 5.27. The Kier molecular flexibility index (Phi) is 6.54. The lowest BCUT2D eigenvalue weighted by molar-refractivity contribution is -0.141. The van der Waals surface area contributed by atoms with Crippen LogP contribution in [0.3, 0.4) is 0 Å². The average molecular weight is 201 g/mol. The Bertz CT molecular complexity index is 169. The van der Waals surface area contributed by atoms with Gasteiger partial charge in [0.25, 0.3) is 0 Å². The van der Waals surface area contributed by atoms with E-state index in [0.717, 1.165) is 6.54 Å². The minimum Gasteiger partial charge on any atom is -0.469 e. The normalized spacial score (nSPS) is 15.3. The third-order valence-corrected chi connectivity index (χ3v) is 2.63. The van der Waals surface area contributed by atoms with E-state index in [1.807, 2.05) is 6.92 Å². The summed E-state index contributed by atoms with van der Waals surface area (Å²) < 4.78 is 4.60. The number of carbonyl (C=O) groups is 1. The number of methoxy groups -OCH3 is 1. The van der Waals surface area contributed by atoms with E-state index in [4.69, 9.17) is 0 Å². The van der Waals surface area contributed by atoms with Crippen LogP contribution in [-0.4, -0.2) is 25.7 Å². The minimum atomic E-state index is -0.151. The van der Waals surface area contributed by atoms with Crippen molar-refractivity contribution in [1.29, 1.82) is 0 Å². The molecule has 3 nitrogen and oxygen atoms in total. The fraction of sp³-hybridized carbons (Fsp3) is 0.909. The smallest absolute Gasteiger partial charge is 0.307 e. The van der Waals surface area contributed by atoms with Crippen molar-refractivity contribution in [3.8, 4) is 0 Å². The summed E-state index contributed by atoms with van der Waals surface area (Å²) >= 11 is 0. The summed E-state index contributed by atoms with van der Waals surface area (Å²) in [6.45, 7) is 9.58. The van der Waals surface area contributed by atoms with Gasteiger partial charge in [0.15, 0.2) is 0 Å². The summed E-state index contributed by atoms with van der Waals surface area (Å²) in [5, 5.41) is 3.33. The number of carbonyl (C=O) groups excluding carboxylic acids is 1. The summed E-state index contributed by atoms with van der Waals surface area (Å²) in [4.78, 5) is 10.9. The van der Waals surface area contributed by atoms with Crippen molar-refractivity contribution in [3.63, 3.8) is 0 Å². The van der Waals surface area contributed by atoms with Gasteiger partial charge in [0.1, 0.15) is 0 Å². The third-order valence-electron chi connectivity index (χ3n) is 2.63. The van der Waals surface area contributed by atoms with Crippen molar-refractivity contribution >= 4 is 5.97 Å². The van der Waals surface area contributed by atoms with Gasteiger partial charge in [-0.15, -0.1) is 0 Å². The van der Waals surface area contributed by atoms with E-state index in [2.05, 4.69) is 30.8 Å². The Labute approximate surface area is 87.2 Å². The van der Waals surface area contributed by atoms with Crippen LogP contribution in [0, 0.1) is 11.8 Å². The third kappa shape index (κ3) is 5.97. The Hall–Kier alpha value is -0.570. The summed E-state index contributed by atoms with van der Waals surface area (Å²) in [6.07, 6.45) is 0.446. The highest BCUT2D eigenvalue weighted by Crippen LogP contribution is 2.08. The second kappa shape index (κ2) is 6.82. The van der Waals surface area contributed by atoms with Crippen LogP contribution in [-0.2, 0) is 9.53 Å². The first kappa shape index (κ1) is 13.4. The van der Waals surface area contributed by atoms with Crippen LogP contribution in [0.25, 0.3) is 0 Å². The maximum Gasteiger partial charge on any atom is 0.307 e. The Morgan fingerprint density at radius 2 is 1.86 bits per heavy atom. The molecule has 0 aliphatic carbocycles. The lowest BCUT2D eigenvalue weighted by Gasteiger charge is -2.19. The standard InChI is InChI=1S/C11H23NO2/c1-8(2)9(3)7-12-10(4)6-11(13)14-5/h8-10,12H,6-7H2,1-5H3. The largest absolute Gasteiger partial charge is 0.469 e. The van der Waals surface area contributed by atoms with Crippen LogP contribution in [0.15, 0.2) is 0 Å². The van der Waals surface area contributed by atoms with E-state index < -0.39 is 0 Å².